The number of nitrogens with zero attached hydrogens (tertiary/aromatic N) is 4. The first-order valence-electron chi connectivity index (χ1n) is 10.5. The van der Waals surface area contributed by atoms with Gasteiger partial charge in [0, 0.05) is 37.2 Å². The van der Waals surface area contributed by atoms with Crippen LogP contribution < -0.4 is 5.73 Å². The maximum Gasteiger partial charge on any atom is 0.225 e. The van der Waals surface area contributed by atoms with Gasteiger partial charge in [0.25, 0.3) is 0 Å². The average Bonchev–Trinajstić information content (AvgIpc) is 3.11. The van der Waals surface area contributed by atoms with Gasteiger partial charge in [0.1, 0.15) is 5.82 Å². The third kappa shape index (κ3) is 3.04. The summed E-state index contributed by atoms with van der Waals surface area (Å²) in [5, 5.41) is 8.74. The molecular weight excluding hydrogens is 338 g/mol. The topological polar surface area (TPSA) is 76.5 Å². The summed E-state index contributed by atoms with van der Waals surface area (Å²) in [5.41, 5.74) is 7.30. The third-order valence-corrected chi connectivity index (χ3v) is 7.20. The number of nitrogens with two attached hydrogens (primary N) is 1. The van der Waals surface area contributed by atoms with Gasteiger partial charge in [-0.2, -0.15) is 0 Å². The summed E-state index contributed by atoms with van der Waals surface area (Å²) in [6.07, 6.45) is 9.81. The predicted octanol–water partition coefficient (Wildman–Crippen LogP) is 2.59. The second-order valence-electron chi connectivity index (χ2n) is 8.81. The lowest BCUT2D eigenvalue weighted by Crippen LogP contribution is -2.51. The van der Waals surface area contributed by atoms with Crippen molar-refractivity contribution in [2.75, 3.05) is 13.1 Å². The molecule has 2 N–H and O–H groups in total. The van der Waals surface area contributed by atoms with Gasteiger partial charge in [0.05, 0.1) is 0 Å². The van der Waals surface area contributed by atoms with Crippen LogP contribution in [0.4, 0.5) is 0 Å². The van der Waals surface area contributed by atoms with E-state index in [-0.39, 0.29) is 11.8 Å². The minimum atomic E-state index is 0.175. The molecule has 2 saturated carbocycles. The first-order chi connectivity index (χ1) is 13.2. The Bertz CT molecular complexity index is 819. The van der Waals surface area contributed by atoms with Crippen LogP contribution >= 0.6 is 0 Å². The standard InChI is InChI=1S/C21H29N5O/c22-19-14-5-3-6-15(19)12-17(11-14)21(27)25-9-4-7-16(13-25)20-24-23-18-8-1-2-10-26(18)20/h1-2,8,10,14-17,19H,3-7,9,11-13,22H2. The number of aromatic nitrogens is 3. The van der Waals surface area contributed by atoms with Gasteiger partial charge >= 0.3 is 0 Å². The lowest BCUT2D eigenvalue weighted by Gasteiger charge is -2.45. The molecule has 3 unspecified atom stereocenters. The molecule has 3 atom stereocenters. The fourth-order valence-corrected chi connectivity index (χ4v) is 5.78. The molecule has 0 radical (unpaired) electrons. The van der Waals surface area contributed by atoms with Crippen LogP contribution in [-0.2, 0) is 4.79 Å². The van der Waals surface area contributed by atoms with Crippen molar-refractivity contribution in [1.82, 2.24) is 19.5 Å². The molecule has 2 aromatic rings. The molecule has 3 heterocycles. The second kappa shape index (κ2) is 6.89. The van der Waals surface area contributed by atoms with E-state index in [0.29, 0.717) is 23.8 Å². The highest BCUT2D eigenvalue weighted by Gasteiger charge is 2.42. The van der Waals surface area contributed by atoms with Gasteiger partial charge in [-0.3, -0.25) is 9.20 Å². The van der Waals surface area contributed by atoms with Crippen LogP contribution in [0.1, 0.15) is 56.7 Å². The number of hydrogen-bond donors (Lipinski definition) is 1. The lowest BCUT2D eigenvalue weighted by atomic mass is 9.65. The van der Waals surface area contributed by atoms with Gasteiger partial charge in [-0.25, -0.2) is 0 Å². The molecule has 1 saturated heterocycles. The first kappa shape index (κ1) is 17.2. The van der Waals surface area contributed by atoms with E-state index >= 15 is 0 Å². The largest absolute Gasteiger partial charge is 0.342 e. The number of likely N-dealkylation sites (tertiary alicyclic amines) is 1. The molecule has 1 amide bonds. The minimum absolute atomic E-state index is 0.175. The van der Waals surface area contributed by atoms with Crippen LogP contribution in [0.3, 0.4) is 0 Å². The highest BCUT2D eigenvalue weighted by Crippen LogP contribution is 2.42. The van der Waals surface area contributed by atoms with Gasteiger partial charge in [-0.1, -0.05) is 12.5 Å². The van der Waals surface area contributed by atoms with Crippen LogP contribution in [0, 0.1) is 17.8 Å². The van der Waals surface area contributed by atoms with Crippen LogP contribution in [0.25, 0.3) is 5.65 Å². The normalized spacial score (nSPS) is 34.0. The van der Waals surface area contributed by atoms with E-state index in [1.807, 2.05) is 24.4 Å². The summed E-state index contributed by atoms with van der Waals surface area (Å²) in [6, 6.07) is 6.29. The number of piperidine rings is 1. The zero-order chi connectivity index (χ0) is 18.4. The van der Waals surface area contributed by atoms with E-state index in [1.54, 1.807) is 0 Å². The van der Waals surface area contributed by atoms with Gasteiger partial charge in [0.15, 0.2) is 5.65 Å². The Balaban J connectivity index is 1.31. The van der Waals surface area contributed by atoms with Gasteiger partial charge in [-0.05, 0) is 62.5 Å². The molecule has 2 bridgehead atoms. The molecule has 0 aromatic carbocycles. The highest BCUT2D eigenvalue weighted by atomic mass is 16.2. The summed E-state index contributed by atoms with van der Waals surface area (Å²) in [4.78, 5) is 15.4. The Morgan fingerprint density at radius 2 is 1.89 bits per heavy atom. The Morgan fingerprint density at radius 1 is 1.07 bits per heavy atom. The molecule has 2 aromatic heterocycles. The molecule has 0 spiro atoms. The quantitative estimate of drug-likeness (QED) is 0.885. The molecule has 1 aliphatic heterocycles. The van der Waals surface area contributed by atoms with Crippen molar-refractivity contribution in [2.45, 2.75) is 56.9 Å². The molecule has 3 aliphatic rings. The summed E-state index contributed by atoms with van der Waals surface area (Å²) in [5.74, 6) is 2.89. The number of fused-ring (bicyclic) bond motifs is 3. The Morgan fingerprint density at radius 3 is 2.70 bits per heavy atom. The van der Waals surface area contributed by atoms with E-state index in [1.165, 1.54) is 19.3 Å². The van der Waals surface area contributed by atoms with Gasteiger partial charge < -0.3 is 10.6 Å². The highest BCUT2D eigenvalue weighted by molar-refractivity contribution is 5.79. The number of rotatable bonds is 2. The fourth-order valence-electron chi connectivity index (χ4n) is 5.78. The number of pyridine rings is 1. The van der Waals surface area contributed by atoms with Crippen molar-refractivity contribution in [1.29, 1.82) is 0 Å². The molecule has 2 aliphatic carbocycles. The molecular formula is C21H29N5O. The van der Waals surface area contributed by atoms with Gasteiger partial charge in [0.2, 0.25) is 5.91 Å². The zero-order valence-corrected chi connectivity index (χ0v) is 15.8. The first-order valence-corrected chi connectivity index (χ1v) is 10.5. The zero-order valence-electron chi connectivity index (χ0n) is 15.8. The summed E-state index contributed by atoms with van der Waals surface area (Å²) >= 11 is 0. The summed E-state index contributed by atoms with van der Waals surface area (Å²) < 4.78 is 2.07. The fraction of sp³-hybridized carbons (Fsp3) is 0.667. The Kier molecular flexibility index (Phi) is 4.38. The predicted molar refractivity (Wildman–Crippen MR) is 103 cm³/mol. The Hall–Kier alpha value is -1.95. The minimum Gasteiger partial charge on any atom is -0.342 e. The van der Waals surface area contributed by atoms with E-state index in [9.17, 15) is 4.79 Å². The van der Waals surface area contributed by atoms with Crippen LogP contribution in [-0.4, -0.2) is 44.5 Å². The number of carbonyl (C=O) groups is 1. The number of carbonyl (C=O) groups excluding carboxylic acids is 1. The molecule has 3 fully saturated rings. The van der Waals surface area contributed by atoms with Crippen molar-refractivity contribution in [3.63, 3.8) is 0 Å². The van der Waals surface area contributed by atoms with Crippen LogP contribution in [0.15, 0.2) is 24.4 Å². The smallest absolute Gasteiger partial charge is 0.225 e. The van der Waals surface area contributed by atoms with Gasteiger partial charge in [-0.15, -0.1) is 10.2 Å². The molecule has 6 nitrogen and oxygen atoms in total. The Labute approximate surface area is 160 Å². The maximum absolute atomic E-state index is 13.3. The molecule has 6 heteroatoms. The monoisotopic (exact) mass is 367 g/mol. The van der Waals surface area contributed by atoms with Crippen molar-refractivity contribution >= 4 is 11.6 Å². The SMILES string of the molecule is NC1C2CCCC1CC(C(=O)N1CCCC(c3nnc4ccccn34)C1)C2. The van der Waals surface area contributed by atoms with Crippen molar-refractivity contribution in [3.8, 4) is 0 Å². The lowest BCUT2D eigenvalue weighted by molar-refractivity contribution is -0.139. The van der Waals surface area contributed by atoms with Crippen LogP contribution in [0.5, 0.6) is 0 Å². The molecule has 144 valence electrons. The van der Waals surface area contributed by atoms with Crippen molar-refractivity contribution in [3.05, 3.63) is 30.2 Å². The second-order valence-corrected chi connectivity index (χ2v) is 8.81. The van der Waals surface area contributed by atoms with Crippen molar-refractivity contribution < 1.29 is 4.79 Å². The summed E-state index contributed by atoms with van der Waals surface area (Å²) in [7, 11) is 0. The molecule has 5 rings (SSSR count). The van der Waals surface area contributed by atoms with E-state index in [0.717, 1.165) is 50.2 Å². The van der Waals surface area contributed by atoms with E-state index in [4.69, 9.17) is 5.73 Å². The average molecular weight is 367 g/mol. The van der Waals surface area contributed by atoms with Crippen LogP contribution in [0.2, 0.25) is 0 Å². The third-order valence-electron chi connectivity index (χ3n) is 7.20. The molecule has 27 heavy (non-hydrogen) atoms. The maximum atomic E-state index is 13.3. The van der Waals surface area contributed by atoms with E-state index < -0.39 is 0 Å². The van der Waals surface area contributed by atoms with E-state index in [2.05, 4.69) is 19.5 Å². The number of hydrogen-bond acceptors (Lipinski definition) is 4. The summed E-state index contributed by atoms with van der Waals surface area (Å²) in [6.45, 7) is 1.65. The van der Waals surface area contributed by atoms with Crippen molar-refractivity contribution in [2.24, 2.45) is 23.5 Å². The number of amides is 1.